The van der Waals surface area contributed by atoms with Crippen molar-refractivity contribution in [1.82, 2.24) is 0 Å². The summed E-state index contributed by atoms with van der Waals surface area (Å²) in [5.41, 5.74) is -9.72. The van der Waals surface area contributed by atoms with Crippen LogP contribution in [0.4, 0.5) is 0 Å². The molecule has 2 unspecified atom stereocenters. The average molecular weight is 783 g/mol. The zero-order chi connectivity index (χ0) is 41.4. The SMILES string of the molecule is COC[C@]1(C(C)OC(C)=O)[C@@H](OC(C)=O)[C@@H](OC(C)=O)[C@H]2[C@@](C)(CC[C@@H]3[C@]2(C)[C@H](OC(C)=O)[C@H](OC(C)=O)[C@@]2(C)[C@]4(C(=O)OC)OC4[C@@H](C)C[C@@]32O)[C@@H]1CO. The lowest BCUT2D eigenvalue weighted by atomic mass is 9.31. The normalized spacial score (nSPS) is 45.8. The van der Waals surface area contributed by atoms with E-state index >= 15 is 0 Å². The van der Waals surface area contributed by atoms with Gasteiger partial charge in [-0.15, -0.1) is 0 Å². The molecule has 55 heavy (non-hydrogen) atoms. The van der Waals surface area contributed by atoms with Crippen LogP contribution in [-0.2, 0) is 66.7 Å². The molecule has 4 aliphatic carbocycles. The summed E-state index contributed by atoms with van der Waals surface area (Å²) in [6.45, 7) is 13.8. The maximum Gasteiger partial charge on any atom is 0.341 e. The highest BCUT2D eigenvalue weighted by atomic mass is 16.7. The predicted octanol–water partition coefficient (Wildman–Crippen LogP) is 2.06. The summed E-state index contributed by atoms with van der Waals surface area (Å²) in [4.78, 5) is 79.5. The summed E-state index contributed by atoms with van der Waals surface area (Å²) in [6, 6.07) is 0. The smallest absolute Gasteiger partial charge is 0.341 e. The number of rotatable bonds is 10. The Bertz CT molecular complexity index is 1600. The number of fused-ring (bicyclic) bond motifs is 7. The van der Waals surface area contributed by atoms with E-state index in [0.29, 0.717) is 0 Å². The Kier molecular flexibility index (Phi) is 11.1. The molecule has 5 aliphatic rings. The number of methoxy groups -OCH3 is 2. The average Bonchev–Trinajstić information content (AvgIpc) is 3.83. The summed E-state index contributed by atoms with van der Waals surface area (Å²) >= 11 is 0. The van der Waals surface area contributed by atoms with Gasteiger partial charge < -0.3 is 48.1 Å². The second kappa shape index (κ2) is 14.2. The highest BCUT2D eigenvalue weighted by Crippen LogP contribution is 2.78. The highest BCUT2D eigenvalue weighted by molar-refractivity contribution is 5.86. The summed E-state index contributed by atoms with van der Waals surface area (Å²) in [5, 5.41) is 25.2. The molecule has 0 spiro atoms. The largest absolute Gasteiger partial charge is 0.467 e. The molecular formula is C39H58O16. The highest BCUT2D eigenvalue weighted by Gasteiger charge is 2.91. The van der Waals surface area contributed by atoms with Gasteiger partial charge in [0.2, 0.25) is 5.60 Å². The molecule has 0 aromatic carbocycles. The Labute approximate surface area is 321 Å². The molecule has 16 atom stereocenters. The molecule has 5 fully saturated rings. The first-order chi connectivity index (χ1) is 25.5. The molecule has 1 heterocycles. The quantitative estimate of drug-likeness (QED) is 0.184. The molecule has 1 aliphatic heterocycles. The third-order valence-corrected chi connectivity index (χ3v) is 14.6. The number of carbonyl (C=O) groups is 6. The molecular weight excluding hydrogens is 724 g/mol. The zero-order valence-corrected chi connectivity index (χ0v) is 33.9. The van der Waals surface area contributed by atoms with Gasteiger partial charge in [0.1, 0.15) is 24.4 Å². The van der Waals surface area contributed by atoms with Gasteiger partial charge in [0.25, 0.3) is 0 Å². The molecule has 0 bridgehead atoms. The molecule has 2 N–H and O–H groups in total. The van der Waals surface area contributed by atoms with Gasteiger partial charge in [-0.3, -0.25) is 24.0 Å². The van der Waals surface area contributed by atoms with Crippen molar-refractivity contribution in [1.29, 1.82) is 0 Å². The van der Waals surface area contributed by atoms with Crippen molar-refractivity contribution in [3.8, 4) is 0 Å². The number of epoxide rings is 1. The van der Waals surface area contributed by atoms with Crippen molar-refractivity contribution in [2.45, 2.75) is 136 Å². The van der Waals surface area contributed by atoms with Gasteiger partial charge in [-0.05, 0) is 50.4 Å². The number of hydrogen-bond acceptors (Lipinski definition) is 16. The fourth-order valence-electron chi connectivity index (χ4n) is 12.9. The number of ether oxygens (including phenoxy) is 8. The molecule has 16 heteroatoms. The third-order valence-electron chi connectivity index (χ3n) is 14.6. The van der Waals surface area contributed by atoms with Crippen molar-refractivity contribution >= 4 is 35.8 Å². The summed E-state index contributed by atoms with van der Waals surface area (Å²) < 4.78 is 48.1. The standard InChI is InChI=1S/C39H58O16/c1-18-15-38(47)25-13-14-34(8)26(16-40)37(17-48-11,19(2)50-20(3)41)30(52-22(5)43)27(51-21(4)42)28(34)35(25,9)31(53-23(6)44)32(54-24(7)45)36(38,10)39(29(18)55-39)33(46)49-12/h18-19,25-32,40,47H,13-17H2,1-12H3/t18-,19?,25+,26-,27-,28-,29?,30-,31+,32-,34-,35-,36+,37+,38+,39-/m0/s1. The van der Waals surface area contributed by atoms with E-state index < -0.39 is 136 Å². The van der Waals surface area contributed by atoms with Gasteiger partial charge in [0.05, 0.1) is 30.1 Å². The van der Waals surface area contributed by atoms with Gasteiger partial charge in [-0.1, -0.05) is 20.8 Å². The molecule has 5 rings (SSSR count). The van der Waals surface area contributed by atoms with Crippen LogP contribution in [0.2, 0.25) is 0 Å². The predicted molar refractivity (Wildman–Crippen MR) is 187 cm³/mol. The van der Waals surface area contributed by atoms with Crippen molar-refractivity contribution in [2.75, 3.05) is 27.4 Å². The fraction of sp³-hybridized carbons (Fsp3) is 0.846. The zero-order valence-electron chi connectivity index (χ0n) is 33.9. The summed E-state index contributed by atoms with van der Waals surface area (Å²) in [5.74, 6) is -7.86. The Balaban J connectivity index is 1.91. The van der Waals surface area contributed by atoms with E-state index in [9.17, 15) is 39.0 Å². The van der Waals surface area contributed by atoms with E-state index in [2.05, 4.69) is 0 Å². The van der Waals surface area contributed by atoms with Crippen molar-refractivity contribution in [3.63, 3.8) is 0 Å². The molecule has 310 valence electrons. The Hall–Kier alpha value is -3.34. The number of carbonyl (C=O) groups excluding carboxylic acids is 6. The van der Waals surface area contributed by atoms with Gasteiger partial charge in [-0.2, -0.15) is 0 Å². The lowest BCUT2D eigenvalue weighted by molar-refractivity contribution is -0.365. The first kappa shape index (κ1) is 42.8. The Morgan fingerprint density at radius 2 is 1.36 bits per heavy atom. The van der Waals surface area contributed by atoms with Crippen molar-refractivity contribution in [2.24, 2.45) is 45.3 Å². The van der Waals surface area contributed by atoms with Crippen LogP contribution < -0.4 is 0 Å². The van der Waals surface area contributed by atoms with Crippen LogP contribution in [-0.4, -0.2) is 121 Å². The number of aliphatic hydroxyl groups is 2. The van der Waals surface area contributed by atoms with E-state index in [1.54, 1.807) is 20.8 Å². The van der Waals surface area contributed by atoms with Gasteiger partial charge in [-0.25, -0.2) is 4.79 Å². The molecule has 0 radical (unpaired) electrons. The minimum atomic E-state index is -1.90. The van der Waals surface area contributed by atoms with E-state index in [1.807, 2.05) is 13.8 Å². The monoisotopic (exact) mass is 782 g/mol. The number of hydrogen-bond donors (Lipinski definition) is 2. The van der Waals surface area contributed by atoms with Gasteiger partial charge in [0.15, 0.2) is 12.2 Å². The van der Waals surface area contributed by atoms with Crippen LogP contribution in [0.1, 0.15) is 88.5 Å². The Morgan fingerprint density at radius 3 is 1.85 bits per heavy atom. The van der Waals surface area contributed by atoms with Crippen LogP contribution in [0, 0.1) is 45.3 Å². The van der Waals surface area contributed by atoms with Crippen molar-refractivity contribution < 1.29 is 76.9 Å². The van der Waals surface area contributed by atoms with Crippen LogP contribution in [0.3, 0.4) is 0 Å². The number of aliphatic hydroxyl groups excluding tert-OH is 1. The first-order valence-corrected chi connectivity index (χ1v) is 18.9. The van der Waals surface area contributed by atoms with E-state index in [0.717, 1.165) is 6.92 Å². The lowest BCUT2D eigenvalue weighted by Gasteiger charge is -2.75. The molecule has 0 aromatic heterocycles. The van der Waals surface area contributed by atoms with E-state index in [4.69, 9.17) is 37.9 Å². The van der Waals surface area contributed by atoms with Crippen molar-refractivity contribution in [3.05, 3.63) is 0 Å². The van der Waals surface area contributed by atoms with Gasteiger partial charge >= 0.3 is 35.8 Å². The van der Waals surface area contributed by atoms with Crippen LogP contribution in [0.15, 0.2) is 0 Å². The molecule has 16 nitrogen and oxygen atoms in total. The minimum Gasteiger partial charge on any atom is -0.467 e. The van der Waals surface area contributed by atoms with Crippen LogP contribution >= 0.6 is 0 Å². The van der Waals surface area contributed by atoms with Crippen LogP contribution in [0.5, 0.6) is 0 Å². The third kappa shape index (κ3) is 5.73. The Morgan fingerprint density at radius 1 is 0.818 bits per heavy atom. The topological polar surface area (TPSA) is 220 Å². The van der Waals surface area contributed by atoms with Crippen LogP contribution in [0.25, 0.3) is 0 Å². The first-order valence-electron chi connectivity index (χ1n) is 18.9. The molecule has 1 saturated heterocycles. The second-order valence-corrected chi connectivity index (χ2v) is 17.2. The summed E-state index contributed by atoms with van der Waals surface area (Å²) in [6.07, 6.45) is -7.20. The minimum absolute atomic E-state index is 0.0628. The lowest BCUT2D eigenvalue weighted by Crippen LogP contribution is -2.84. The fourth-order valence-corrected chi connectivity index (χ4v) is 12.9. The van der Waals surface area contributed by atoms with E-state index in [1.165, 1.54) is 41.9 Å². The second-order valence-electron chi connectivity index (χ2n) is 17.2. The molecule has 4 saturated carbocycles. The molecule has 0 aromatic rings. The van der Waals surface area contributed by atoms with E-state index in [-0.39, 0.29) is 25.9 Å². The molecule has 0 amide bonds. The maximum absolute atomic E-state index is 13.9. The maximum atomic E-state index is 13.9. The summed E-state index contributed by atoms with van der Waals surface area (Å²) in [7, 11) is 2.60. The van der Waals surface area contributed by atoms with Gasteiger partial charge in [0, 0.05) is 65.6 Å². The number of esters is 6.